The SMILES string of the molecule is COc1c(C)cnn1-c1cc(-c2nc(N)ncc2-c2cccc(Cl)c2)ccn1. The predicted octanol–water partition coefficient (Wildman–Crippen LogP) is 3.94. The lowest BCUT2D eigenvalue weighted by atomic mass is 10.0. The Balaban J connectivity index is 1.87. The van der Waals surface area contributed by atoms with Gasteiger partial charge in [-0.1, -0.05) is 23.7 Å². The number of hydrogen-bond acceptors (Lipinski definition) is 6. The van der Waals surface area contributed by atoms with Gasteiger partial charge < -0.3 is 10.5 Å². The fraction of sp³-hybridized carbons (Fsp3) is 0.100. The number of nitrogen functional groups attached to an aromatic ring is 1. The van der Waals surface area contributed by atoms with E-state index >= 15 is 0 Å². The topological polar surface area (TPSA) is 91.7 Å². The first-order chi connectivity index (χ1) is 13.6. The van der Waals surface area contributed by atoms with E-state index < -0.39 is 0 Å². The minimum atomic E-state index is 0.187. The van der Waals surface area contributed by atoms with Crippen LogP contribution in [0.4, 0.5) is 5.95 Å². The lowest BCUT2D eigenvalue weighted by molar-refractivity contribution is 0.380. The first kappa shape index (κ1) is 17.9. The average molecular weight is 393 g/mol. The Hall–Kier alpha value is -3.45. The van der Waals surface area contributed by atoms with Crippen molar-refractivity contribution in [2.45, 2.75) is 6.92 Å². The van der Waals surface area contributed by atoms with E-state index in [4.69, 9.17) is 22.1 Å². The third kappa shape index (κ3) is 3.27. The molecule has 0 fully saturated rings. The molecule has 0 atom stereocenters. The number of anilines is 1. The van der Waals surface area contributed by atoms with E-state index in [9.17, 15) is 0 Å². The van der Waals surface area contributed by atoms with E-state index in [1.165, 1.54) is 0 Å². The quantitative estimate of drug-likeness (QED) is 0.565. The summed E-state index contributed by atoms with van der Waals surface area (Å²) in [6.45, 7) is 1.93. The molecule has 140 valence electrons. The van der Waals surface area contributed by atoms with E-state index in [2.05, 4.69) is 20.1 Å². The first-order valence-corrected chi connectivity index (χ1v) is 8.88. The van der Waals surface area contributed by atoms with Gasteiger partial charge in [-0.2, -0.15) is 9.78 Å². The van der Waals surface area contributed by atoms with Crippen LogP contribution < -0.4 is 10.5 Å². The molecular formula is C20H17ClN6O. The van der Waals surface area contributed by atoms with Gasteiger partial charge in [-0.05, 0) is 36.8 Å². The molecular weight excluding hydrogens is 376 g/mol. The van der Waals surface area contributed by atoms with Crippen molar-refractivity contribution in [3.63, 3.8) is 0 Å². The third-order valence-corrected chi connectivity index (χ3v) is 4.50. The maximum Gasteiger partial charge on any atom is 0.220 e. The van der Waals surface area contributed by atoms with Gasteiger partial charge in [0.25, 0.3) is 0 Å². The number of aryl methyl sites for hydroxylation is 1. The maximum atomic E-state index is 6.16. The molecule has 8 heteroatoms. The van der Waals surface area contributed by atoms with Crippen LogP contribution in [0.15, 0.2) is 55.0 Å². The van der Waals surface area contributed by atoms with Gasteiger partial charge in [-0.25, -0.2) is 15.0 Å². The highest BCUT2D eigenvalue weighted by Gasteiger charge is 2.15. The summed E-state index contributed by atoms with van der Waals surface area (Å²) < 4.78 is 7.08. The van der Waals surface area contributed by atoms with E-state index in [0.29, 0.717) is 22.4 Å². The maximum absolute atomic E-state index is 6.16. The van der Waals surface area contributed by atoms with E-state index in [0.717, 1.165) is 22.3 Å². The number of halogens is 1. The zero-order valence-electron chi connectivity index (χ0n) is 15.3. The van der Waals surface area contributed by atoms with Gasteiger partial charge in [-0.15, -0.1) is 0 Å². The molecule has 0 spiro atoms. The molecule has 0 radical (unpaired) electrons. The monoisotopic (exact) mass is 392 g/mol. The first-order valence-electron chi connectivity index (χ1n) is 8.50. The molecule has 0 aliphatic rings. The zero-order valence-corrected chi connectivity index (χ0v) is 16.1. The predicted molar refractivity (Wildman–Crippen MR) is 109 cm³/mol. The van der Waals surface area contributed by atoms with Crippen molar-refractivity contribution in [3.8, 4) is 34.1 Å². The fourth-order valence-electron chi connectivity index (χ4n) is 2.99. The number of rotatable bonds is 4. The standard InChI is InChI=1S/C20H17ClN6O/c1-12-10-25-27(19(12)28-2)17-9-14(6-7-23-17)18-16(11-24-20(22)26-18)13-4-3-5-15(21)8-13/h3-11H,1-2H3,(H2,22,24,26). The Labute approximate surface area is 166 Å². The lowest BCUT2D eigenvalue weighted by Crippen LogP contribution is -2.04. The Bertz CT molecular complexity index is 1160. The van der Waals surface area contributed by atoms with Crippen LogP contribution in [-0.2, 0) is 0 Å². The number of benzene rings is 1. The summed E-state index contributed by atoms with van der Waals surface area (Å²) in [5.74, 6) is 1.42. The summed E-state index contributed by atoms with van der Waals surface area (Å²) in [4.78, 5) is 13.0. The molecule has 0 saturated carbocycles. The van der Waals surface area contributed by atoms with Gasteiger partial charge in [-0.3, -0.25) is 0 Å². The number of nitrogens with two attached hydrogens (primary N) is 1. The molecule has 0 saturated heterocycles. The minimum absolute atomic E-state index is 0.187. The smallest absolute Gasteiger partial charge is 0.220 e. The van der Waals surface area contributed by atoms with Crippen LogP contribution in [0.3, 0.4) is 0 Å². The second kappa shape index (κ2) is 7.28. The molecule has 4 aromatic rings. The van der Waals surface area contributed by atoms with Gasteiger partial charge in [0.1, 0.15) is 0 Å². The largest absolute Gasteiger partial charge is 0.481 e. The van der Waals surface area contributed by atoms with Gasteiger partial charge >= 0.3 is 0 Å². The number of methoxy groups -OCH3 is 1. The summed E-state index contributed by atoms with van der Waals surface area (Å²) in [5.41, 5.74) is 10.0. The molecule has 3 heterocycles. The molecule has 7 nitrogen and oxygen atoms in total. The molecule has 0 aliphatic heterocycles. The molecule has 1 aromatic carbocycles. The van der Waals surface area contributed by atoms with Gasteiger partial charge in [0.05, 0.1) is 19.0 Å². The summed E-state index contributed by atoms with van der Waals surface area (Å²) in [7, 11) is 1.60. The Morgan fingerprint density at radius 2 is 1.93 bits per heavy atom. The van der Waals surface area contributed by atoms with Crippen LogP contribution in [0.5, 0.6) is 5.88 Å². The molecule has 4 rings (SSSR count). The van der Waals surface area contributed by atoms with Crippen molar-refractivity contribution in [2.75, 3.05) is 12.8 Å². The van der Waals surface area contributed by atoms with Gasteiger partial charge in [0.2, 0.25) is 11.8 Å². The summed E-state index contributed by atoms with van der Waals surface area (Å²) in [6.07, 6.45) is 5.12. The van der Waals surface area contributed by atoms with E-state index in [1.807, 2.05) is 43.3 Å². The molecule has 0 aliphatic carbocycles. The second-order valence-corrected chi connectivity index (χ2v) is 6.59. The highest BCUT2D eigenvalue weighted by atomic mass is 35.5. The summed E-state index contributed by atoms with van der Waals surface area (Å²) in [6, 6.07) is 11.3. The summed E-state index contributed by atoms with van der Waals surface area (Å²) >= 11 is 6.16. The van der Waals surface area contributed by atoms with Crippen LogP contribution in [-0.4, -0.2) is 31.8 Å². The second-order valence-electron chi connectivity index (χ2n) is 6.15. The van der Waals surface area contributed by atoms with E-state index in [-0.39, 0.29) is 5.95 Å². The van der Waals surface area contributed by atoms with Gasteiger partial charge in [0.15, 0.2) is 5.82 Å². The lowest BCUT2D eigenvalue weighted by Gasteiger charge is -2.11. The fourth-order valence-corrected chi connectivity index (χ4v) is 3.18. The van der Waals surface area contributed by atoms with Crippen LogP contribution in [0.1, 0.15) is 5.56 Å². The molecule has 0 bridgehead atoms. The Kier molecular flexibility index (Phi) is 4.67. The number of aromatic nitrogens is 5. The van der Waals surface area contributed by atoms with Crippen molar-refractivity contribution in [2.24, 2.45) is 0 Å². The molecule has 0 unspecified atom stereocenters. The average Bonchev–Trinajstić information content (AvgIpc) is 3.08. The van der Waals surface area contributed by atoms with Crippen molar-refractivity contribution < 1.29 is 4.74 Å². The van der Waals surface area contributed by atoms with Crippen LogP contribution >= 0.6 is 11.6 Å². The molecule has 28 heavy (non-hydrogen) atoms. The highest BCUT2D eigenvalue weighted by Crippen LogP contribution is 2.32. The number of hydrogen-bond donors (Lipinski definition) is 1. The third-order valence-electron chi connectivity index (χ3n) is 4.27. The molecule has 0 amide bonds. The minimum Gasteiger partial charge on any atom is -0.481 e. The van der Waals surface area contributed by atoms with Crippen molar-refractivity contribution in [1.29, 1.82) is 0 Å². The Morgan fingerprint density at radius 3 is 2.71 bits per heavy atom. The van der Waals surface area contributed by atoms with Crippen LogP contribution in [0.2, 0.25) is 5.02 Å². The van der Waals surface area contributed by atoms with Crippen LogP contribution in [0, 0.1) is 6.92 Å². The molecule has 3 aromatic heterocycles. The van der Waals surface area contributed by atoms with Crippen molar-refractivity contribution >= 4 is 17.5 Å². The zero-order chi connectivity index (χ0) is 19.7. The molecule has 2 N–H and O–H groups in total. The summed E-state index contributed by atoms with van der Waals surface area (Å²) in [5, 5.41) is 4.99. The number of ether oxygens (including phenoxy) is 1. The van der Waals surface area contributed by atoms with Crippen LogP contribution in [0.25, 0.3) is 28.2 Å². The Morgan fingerprint density at radius 1 is 1.07 bits per heavy atom. The van der Waals surface area contributed by atoms with Gasteiger partial charge in [0, 0.05) is 34.1 Å². The highest BCUT2D eigenvalue weighted by molar-refractivity contribution is 6.30. The van der Waals surface area contributed by atoms with Crippen molar-refractivity contribution in [1.82, 2.24) is 24.7 Å². The number of nitrogens with zero attached hydrogens (tertiary/aromatic N) is 5. The number of pyridine rings is 1. The van der Waals surface area contributed by atoms with E-state index in [1.54, 1.807) is 30.4 Å². The normalized spacial score (nSPS) is 10.8. The van der Waals surface area contributed by atoms with Crippen molar-refractivity contribution in [3.05, 3.63) is 65.6 Å².